The van der Waals surface area contributed by atoms with Gasteiger partial charge in [0.2, 0.25) is 0 Å². The number of hydrogen-bond acceptors (Lipinski definition) is 6. The molecule has 15 heteroatoms. The molecule has 0 radical (unpaired) electrons. The van der Waals surface area contributed by atoms with Gasteiger partial charge in [-0.2, -0.15) is 13.2 Å². The number of imide groups is 1. The largest absolute Gasteiger partial charge is 0.479 e. The molecule has 0 bridgehead atoms. The number of aromatic nitrogens is 1. The molecule has 8 nitrogen and oxygen atoms in total. The van der Waals surface area contributed by atoms with Gasteiger partial charge in [0.15, 0.2) is 17.5 Å². The zero-order valence-electron chi connectivity index (χ0n) is 13.6. The van der Waals surface area contributed by atoms with Crippen molar-refractivity contribution >= 4 is 70.0 Å². The van der Waals surface area contributed by atoms with Gasteiger partial charge in [-0.15, -0.1) is 0 Å². The van der Waals surface area contributed by atoms with Crippen molar-refractivity contribution in [3.8, 4) is 5.75 Å². The van der Waals surface area contributed by atoms with E-state index >= 15 is 0 Å². The molecule has 3 amide bonds. The summed E-state index contributed by atoms with van der Waals surface area (Å²) >= 11 is 21.6. The number of alkyl halides is 6. The highest BCUT2D eigenvalue weighted by Crippen LogP contribution is 2.36. The maximum Gasteiger partial charge on any atom is 0.422 e. The fraction of sp³-hybridized carbons (Fsp3) is 0.385. The molecule has 0 unspecified atom stereocenters. The highest BCUT2D eigenvalue weighted by molar-refractivity contribution is 6.76. The molecule has 1 aromatic heterocycles. The molecule has 28 heavy (non-hydrogen) atoms. The third kappa shape index (κ3) is 7.38. The fourth-order valence-electron chi connectivity index (χ4n) is 1.56. The standard InChI is InChI=1S/C13H10Cl4F3N3O5/c1-2-27-9(24)5-3-21-8(14)7(28-4-12(18,19)20)6(5)22-11(26)23-10(25)13(15,16)17/h3H,2,4H2,1H3,(H2,21,22,23,25,26). The third-order valence-corrected chi connectivity index (χ3v) is 3.37. The van der Waals surface area contributed by atoms with Crippen LogP contribution in [0.1, 0.15) is 17.3 Å². The molecular weight excluding hydrogens is 477 g/mol. The highest BCUT2D eigenvalue weighted by Gasteiger charge is 2.34. The van der Waals surface area contributed by atoms with Crippen molar-refractivity contribution in [2.45, 2.75) is 16.9 Å². The van der Waals surface area contributed by atoms with Crippen molar-refractivity contribution in [1.29, 1.82) is 0 Å². The molecule has 0 aromatic carbocycles. The predicted octanol–water partition coefficient (Wildman–Crippen LogP) is 3.87. The van der Waals surface area contributed by atoms with Crippen LogP contribution in [0.5, 0.6) is 5.75 Å². The lowest BCUT2D eigenvalue weighted by molar-refractivity contribution is -0.153. The topological polar surface area (TPSA) is 107 Å². The number of carbonyl (C=O) groups excluding carboxylic acids is 3. The summed E-state index contributed by atoms with van der Waals surface area (Å²) in [6.45, 7) is -0.455. The number of halogens is 7. The number of urea groups is 1. The summed E-state index contributed by atoms with van der Waals surface area (Å²) in [5.41, 5.74) is -1.14. The van der Waals surface area contributed by atoms with E-state index in [1.807, 2.05) is 5.32 Å². The third-order valence-electron chi connectivity index (χ3n) is 2.59. The molecule has 0 aliphatic carbocycles. The molecule has 0 saturated carbocycles. The first kappa shape index (κ1) is 24.3. The zero-order valence-corrected chi connectivity index (χ0v) is 16.6. The molecule has 156 valence electrons. The Bertz CT molecular complexity index is 771. The van der Waals surface area contributed by atoms with Gasteiger partial charge in [0.1, 0.15) is 11.3 Å². The minimum Gasteiger partial charge on any atom is -0.479 e. The van der Waals surface area contributed by atoms with Crippen molar-refractivity contribution < 1.29 is 37.0 Å². The first-order chi connectivity index (χ1) is 12.8. The van der Waals surface area contributed by atoms with Crippen molar-refractivity contribution in [3.63, 3.8) is 0 Å². The Morgan fingerprint density at radius 2 is 1.82 bits per heavy atom. The van der Waals surface area contributed by atoms with Gasteiger partial charge in [-0.25, -0.2) is 14.6 Å². The number of esters is 1. The maximum absolute atomic E-state index is 12.5. The van der Waals surface area contributed by atoms with Crippen molar-refractivity contribution in [2.24, 2.45) is 0 Å². The lowest BCUT2D eigenvalue weighted by Crippen LogP contribution is -2.41. The number of hydrogen-bond donors (Lipinski definition) is 2. The number of carbonyl (C=O) groups is 3. The molecule has 1 aromatic rings. The normalized spacial score (nSPS) is 11.6. The summed E-state index contributed by atoms with van der Waals surface area (Å²) in [5, 5.41) is 2.93. The van der Waals surface area contributed by atoms with Gasteiger partial charge < -0.3 is 14.8 Å². The molecule has 0 atom stereocenters. The second kappa shape index (κ2) is 9.68. The quantitative estimate of drug-likeness (QED) is 0.371. The van der Waals surface area contributed by atoms with E-state index in [2.05, 4.69) is 9.72 Å². The number of nitrogens with one attached hydrogen (secondary N) is 2. The van der Waals surface area contributed by atoms with Crippen LogP contribution in [0.15, 0.2) is 6.20 Å². The summed E-state index contributed by atoms with van der Waals surface area (Å²) in [6.07, 6.45) is -3.94. The van der Waals surface area contributed by atoms with Crippen molar-refractivity contribution in [3.05, 3.63) is 16.9 Å². The van der Waals surface area contributed by atoms with Gasteiger partial charge in [-0.05, 0) is 6.92 Å². The van der Waals surface area contributed by atoms with E-state index in [9.17, 15) is 27.6 Å². The fourth-order valence-corrected chi connectivity index (χ4v) is 1.90. The zero-order chi connectivity index (χ0) is 21.7. The smallest absolute Gasteiger partial charge is 0.422 e. The Hall–Kier alpha value is -1.69. The minimum absolute atomic E-state index is 0.0996. The Balaban J connectivity index is 3.29. The van der Waals surface area contributed by atoms with E-state index in [4.69, 9.17) is 51.1 Å². The highest BCUT2D eigenvalue weighted by atomic mass is 35.6. The summed E-state index contributed by atoms with van der Waals surface area (Å²) in [5.74, 6) is -3.22. The Morgan fingerprint density at radius 1 is 1.21 bits per heavy atom. The molecule has 0 fully saturated rings. The van der Waals surface area contributed by atoms with E-state index in [-0.39, 0.29) is 6.61 Å². The molecule has 1 rings (SSSR count). The van der Waals surface area contributed by atoms with Gasteiger partial charge >= 0.3 is 18.2 Å². The lowest BCUT2D eigenvalue weighted by atomic mass is 10.2. The van der Waals surface area contributed by atoms with E-state index in [1.54, 1.807) is 5.32 Å². The van der Waals surface area contributed by atoms with Gasteiger partial charge in [0.25, 0.3) is 9.70 Å². The van der Waals surface area contributed by atoms with Crippen LogP contribution < -0.4 is 15.4 Å². The summed E-state index contributed by atoms with van der Waals surface area (Å²) in [4.78, 5) is 39.0. The molecule has 2 N–H and O–H groups in total. The van der Waals surface area contributed by atoms with Crippen molar-refractivity contribution in [2.75, 3.05) is 18.5 Å². The first-order valence-electron chi connectivity index (χ1n) is 7.00. The SMILES string of the molecule is CCOC(=O)c1cnc(Cl)c(OCC(F)(F)F)c1NC(=O)NC(=O)C(Cl)(Cl)Cl. The molecular formula is C13H10Cl4F3N3O5. The first-order valence-corrected chi connectivity index (χ1v) is 8.51. The van der Waals surface area contributed by atoms with Gasteiger partial charge in [-0.3, -0.25) is 10.1 Å². The van der Waals surface area contributed by atoms with Crippen LogP contribution in [0, 0.1) is 0 Å². The summed E-state index contributed by atoms with van der Waals surface area (Å²) in [6, 6.07) is -1.36. The average Bonchev–Trinajstić information content (AvgIpc) is 2.52. The van der Waals surface area contributed by atoms with Crippen LogP contribution in [-0.2, 0) is 9.53 Å². The number of ether oxygens (including phenoxy) is 2. The van der Waals surface area contributed by atoms with Gasteiger partial charge in [0.05, 0.1) is 6.61 Å². The van der Waals surface area contributed by atoms with E-state index in [0.29, 0.717) is 0 Å². The van der Waals surface area contributed by atoms with Crippen LogP contribution in [0.25, 0.3) is 0 Å². The second-order valence-electron chi connectivity index (χ2n) is 4.70. The van der Waals surface area contributed by atoms with Crippen molar-refractivity contribution in [1.82, 2.24) is 10.3 Å². The van der Waals surface area contributed by atoms with Crippen LogP contribution >= 0.6 is 46.4 Å². The van der Waals surface area contributed by atoms with Crippen LogP contribution in [0.4, 0.5) is 23.7 Å². The number of nitrogens with zero attached hydrogens (tertiary/aromatic N) is 1. The lowest BCUT2D eigenvalue weighted by Gasteiger charge is -2.18. The number of anilines is 1. The van der Waals surface area contributed by atoms with Crippen LogP contribution in [-0.4, -0.2) is 46.1 Å². The molecule has 1 heterocycles. The number of rotatable bonds is 5. The Morgan fingerprint density at radius 3 is 2.32 bits per heavy atom. The summed E-state index contributed by atoms with van der Waals surface area (Å²) in [7, 11) is 0. The van der Waals surface area contributed by atoms with Crippen LogP contribution in [0.2, 0.25) is 5.15 Å². The van der Waals surface area contributed by atoms with Gasteiger partial charge in [0, 0.05) is 6.20 Å². The Kier molecular flexibility index (Phi) is 8.42. The molecule has 0 aliphatic heterocycles. The number of amides is 3. The van der Waals surface area contributed by atoms with Crippen LogP contribution in [0.3, 0.4) is 0 Å². The number of pyridine rings is 1. The van der Waals surface area contributed by atoms with E-state index in [1.165, 1.54) is 6.92 Å². The molecule has 0 spiro atoms. The monoisotopic (exact) mass is 485 g/mol. The molecule has 0 aliphatic rings. The van der Waals surface area contributed by atoms with E-state index < -0.39 is 56.6 Å². The Labute approximate surface area is 175 Å². The predicted molar refractivity (Wildman–Crippen MR) is 94.2 cm³/mol. The average molecular weight is 487 g/mol. The van der Waals surface area contributed by atoms with E-state index in [0.717, 1.165) is 6.20 Å². The molecule has 0 saturated heterocycles. The van der Waals surface area contributed by atoms with Gasteiger partial charge in [-0.1, -0.05) is 46.4 Å². The maximum atomic E-state index is 12.5. The minimum atomic E-state index is -4.77. The second-order valence-corrected chi connectivity index (χ2v) is 7.34. The summed E-state index contributed by atoms with van der Waals surface area (Å²) < 4.78 is 44.2.